The highest BCUT2D eigenvalue weighted by Gasteiger charge is 1.97. The van der Waals surface area contributed by atoms with Gasteiger partial charge in [-0.1, -0.05) is 72.8 Å². The van der Waals surface area contributed by atoms with Crippen LogP contribution in [-0.2, 0) is 12.8 Å². The van der Waals surface area contributed by atoms with E-state index in [0.29, 0.717) is 0 Å². The minimum atomic E-state index is 1.15. The smallest absolute Gasteiger partial charge is 0.0181 e. The predicted molar refractivity (Wildman–Crippen MR) is 82.4 cm³/mol. The van der Waals surface area contributed by atoms with Gasteiger partial charge in [-0.25, -0.2) is 0 Å². The molecule has 0 bridgehead atoms. The van der Waals surface area contributed by atoms with Crippen molar-refractivity contribution in [3.05, 3.63) is 83.9 Å². The van der Waals surface area contributed by atoms with E-state index in [1.165, 1.54) is 28.3 Å². The van der Waals surface area contributed by atoms with Crippen LogP contribution in [0.5, 0.6) is 0 Å². The molecule has 0 aliphatic carbocycles. The molecule has 0 N–H and O–H groups in total. The maximum atomic E-state index is 2.32. The van der Waals surface area contributed by atoms with E-state index < -0.39 is 0 Å². The lowest BCUT2D eigenvalue weighted by atomic mass is 10.0. The van der Waals surface area contributed by atoms with E-state index in [0.717, 1.165) is 12.8 Å². The van der Waals surface area contributed by atoms with Crippen molar-refractivity contribution >= 4 is 10.8 Å². The molecule has 0 saturated carbocycles. The third-order valence-corrected chi connectivity index (χ3v) is 3.59. The number of hydrogen-bond acceptors (Lipinski definition) is 0. The van der Waals surface area contributed by atoms with Crippen LogP contribution in [0, 0.1) is 0 Å². The molecule has 0 amide bonds. The van der Waals surface area contributed by atoms with Crippen molar-refractivity contribution < 1.29 is 0 Å². The monoisotopic (exact) mass is 246 g/mol. The van der Waals surface area contributed by atoms with Crippen LogP contribution in [0.25, 0.3) is 10.8 Å². The first kappa shape index (κ1) is 12.0. The summed E-state index contributed by atoms with van der Waals surface area (Å²) in [5, 5.41) is 2.68. The SMILES string of the molecule is c1ccc(CCCc2ccc3ccccc3c2)cc1. The van der Waals surface area contributed by atoms with Crippen LogP contribution in [0.2, 0.25) is 0 Å². The predicted octanol–water partition coefficient (Wildman–Crippen LogP) is 5.02. The molecule has 0 fully saturated rings. The fourth-order valence-corrected chi connectivity index (χ4v) is 2.54. The van der Waals surface area contributed by atoms with Crippen molar-refractivity contribution in [1.29, 1.82) is 0 Å². The molecule has 0 unspecified atom stereocenters. The van der Waals surface area contributed by atoms with Crippen LogP contribution in [0.1, 0.15) is 17.5 Å². The molecule has 0 atom stereocenters. The van der Waals surface area contributed by atoms with E-state index in [-0.39, 0.29) is 0 Å². The number of aryl methyl sites for hydroxylation is 2. The van der Waals surface area contributed by atoms with E-state index in [1.54, 1.807) is 0 Å². The second-order valence-corrected chi connectivity index (χ2v) is 5.02. The molecule has 0 radical (unpaired) electrons. The zero-order chi connectivity index (χ0) is 12.9. The second kappa shape index (κ2) is 5.71. The van der Waals surface area contributed by atoms with E-state index in [4.69, 9.17) is 0 Å². The average Bonchev–Trinajstić information content (AvgIpc) is 2.48. The number of rotatable bonds is 4. The van der Waals surface area contributed by atoms with E-state index in [2.05, 4.69) is 72.8 Å². The van der Waals surface area contributed by atoms with Gasteiger partial charge < -0.3 is 0 Å². The standard InChI is InChI=1S/C19H18/c1-2-7-16(8-3-1)9-6-10-17-13-14-18-11-4-5-12-19(18)15-17/h1-5,7-8,11-15H,6,9-10H2. The van der Waals surface area contributed by atoms with Gasteiger partial charge in [0.2, 0.25) is 0 Å². The molecule has 0 spiro atoms. The molecule has 3 rings (SSSR count). The maximum absolute atomic E-state index is 2.32. The van der Waals surface area contributed by atoms with Gasteiger partial charge in [0.1, 0.15) is 0 Å². The summed E-state index contributed by atoms with van der Waals surface area (Å²) < 4.78 is 0. The van der Waals surface area contributed by atoms with Crippen molar-refractivity contribution in [2.45, 2.75) is 19.3 Å². The molecule has 0 heteroatoms. The quantitative estimate of drug-likeness (QED) is 0.606. The second-order valence-electron chi connectivity index (χ2n) is 5.02. The van der Waals surface area contributed by atoms with E-state index in [9.17, 15) is 0 Å². The van der Waals surface area contributed by atoms with Crippen molar-refractivity contribution in [3.8, 4) is 0 Å². The van der Waals surface area contributed by atoms with Gasteiger partial charge in [0.15, 0.2) is 0 Å². The molecular formula is C19H18. The van der Waals surface area contributed by atoms with Crippen molar-refractivity contribution in [2.24, 2.45) is 0 Å². The third kappa shape index (κ3) is 3.03. The fraction of sp³-hybridized carbons (Fsp3) is 0.158. The Morgan fingerprint density at radius 1 is 0.526 bits per heavy atom. The summed E-state index contributed by atoms with van der Waals surface area (Å²) in [6.07, 6.45) is 3.52. The van der Waals surface area contributed by atoms with Gasteiger partial charge >= 0.3 is 0 Å². The molecule has 0 nitrogen and oxygen atoms in total. The molecule has 0 aromatic heterocycles. The Hall–Kier alpha value is -2.08. The molecule has 0 aliphatic rings. The third-order valence-electron chi connectivity index (χ3n) is 3.59. The molecule has 19 heavy (non-hydrogen) atoms. The van der Waals surface area contributed by atoms with Crippen molar-refractivity contribution in [1.82, 2.24) is 0 Å². The van der Waals surface area contributed by atoms with E-state index in [1.807, 2.05) is 0 Å². The lowest BCUT2D eigenvalue weighted by molar-refractivity contribution is 0.821. The van der Waals surface area contributed by atoms with E-state index >= 15 is 0 Å². The van der Waals surface area contributed by atoms with Crippen LogP contribution >= 0.6 is 0 Å². The van der Waals surface area contributed by atoms with Gasteiger partial charge in [-0.15, -0.1) is 0 Å². The first-order chi connectivity index (χ1) is 9.42. The topological polar surface area (TPSA) is 0 Å². The lowest BCUT2D eigenvalue weighted by Gasteiger charge is -2.04. The fourth-order valence-electron chi connectivity index (χ4n) is 2.54. The molecule has 94 valence electrons. The minimum absolute atomic E-state index is 1.15. The zero-order valence-corrected chi connectivity index (χ0v) is 11.0. The summed E-state index contributed by atoms with van der Waals surface area (Å²) in [5.74, 6) is 0. The summed E-state index contributed by atoms with van der Waals surface area (Å²) in [5.41, 5.74) is 2.87. The summed E-state index contributed by atoms with van der Waals surface area (Å²) in [7, 11) is 0. The summed E-state index contributed by atoms with van der Waals surface area (Å²) in [6.45, 7) is 0. The van der Waals surface area contributed by atoms with Gasteiger partial charge in [-0.2, -0.15) is 0 Å². The summed E-state index contributed by atoms with van der Waals surface area (Å²) >= 11 is 0. The van der Waals surface area contributed by atoms with Crippen LogP contribution in [0.15, 0.2) is 72.8 Å². The Morgan fingerprint density at radius 3 is 2.05 bits per heavy atom. The Morgan fingerprint density at radius 2 is 1.21 bits per heavy atom. The largest absolute Gasteiger partial charge is 0.0622 e. The molecule has 3 aromatic carbocycles. The average molecular weight is 246 g/mol. The van der Waals surface area contributed by atoms with Gasteiger partial charge in [0.05, 0.1) is 0 Å². The normalized spacial score (nSPS) is 10.7. The Balaban J connectivity index is 1.65. The van der Waals surface area contributed by atoms with Gasteiger partial charge in [-0.05, 0) is 41.2 Å². The van der Waals surface area contributed by atoms with Crippen LogP contribution in [-0.4, -0.2) is 0 Å². The Labute approximate surface area is 114 Å². The number of fused-ring (bicyclic) bond motifs is 1. The minimum Gasteiger partial charge on any atom is -0.0622 e. The van der Waals surface area contributed by atoms with Crippen LogP contribution in [0.4, 0.5) is 0 Å². The molecular weight excluding hydrogens is 228 g/mol. The summed E-state index contributed by atoms with van der Waals surface area (Å²) in [4.78, 5) is 0. The number of benzene rings is 3. The Kier molecular flexibility index (Phi) is 3.60. The molecule has 3 aromatic rings. The highest BCUT2D eigenvalue weighted by Crippen LogP contribution is 2.17. The summed E-state index contributed by atoms with van der Waals surface area (Å²) in [6, 6.07) is 26.1. The maximum Gasteiger partial charge on any atom is -0.0181 e. The van der Waals surface area contributed by atoms with Gasteiger partial charge in [0, 0.05) is 0 Å². The van der Waals surface area contributed by atoms with Crippen LogP contribution in [0.3, 0.4) is 0 Å². The Bertz CT molecular complexity index is 653. The van der Waals surface area contributed by atoms with Crippen molar-refractivity contribution in [2.75, 3.05) is 0 Å². The van der Waals surface area contributed by atoms with Gasteiger partial charge in [0.25, 0.3) is 0 Å². The van der Waals surface area contributed by atoms with Crippen molar-refractivity contribution in [3.63, 3.8) is 0 Å². The highest BCUT2D eigenvalue weighted by molar-refractivity contribution is 5.82. The zero-order valence-electron chi connectivity index (χ0n) is 11.0. The first-order valence-corrected chi connectivity index (χ1v) is 6.93. The van der Waals surface area contributed by atoms with Crippen LogP contribution < -0.4 is 0 Å². The molecule has 0 aliphatic heterocycles. The molecule has 0 heterocycles. The highest BCUT2D eigenvalue weighted by atomic mass is 14.0. The van der Waals surface area contributed by atoms with Gasteiger partial charge in [-0.3, -0.25) is 0 Å². The lowest BCUT2D eigenvalue weighted by Crippen LogP contribution is -1.90. The number of hydrogen-bond donors (Lipinski definition) is 0. The first-order valence-electron chi connectivity index (χ1n) is 6.93. The molecule has 0 saturated heterocycles.